The highest BCUT2D eigenvalue weighted by molar-refractivity contribution is 5.98. The number of ketones is 2. The number of allylic oxidation sites excluding steroid dienone is 5. The Morgan fingerprint density at radius 2 is 2.08 bits per heavy atom. The molecule has 0 radical (unpaired) electrons. The number of Topliss-reactive ketones (excluding diaryl/α,β-unsaturated/α-hetero) is 1. The van der Waals surface area contributed by atoms with Gasteiger partial charge in [0.2, 0.25) is 0 Å². The van der Waals surface area contributed by atoms with Crippen LogP contribution in [-0.2, 0) is 9.59 Å². The number of aliphatic hydroxyl groups excluding tert-OH is 1. The van der Waals surface area contributed by atoms with E-state index in [0.717, 1.165) is 37.7 Å². The lowest BCUT2D eigenvalue weighted by atomic mass is 9.51. The molecule has 0 unspecified atom stereocenters. The van der Waals surface area contributed by atoms with Gasteiger partial charge in [0.25, 0.3) is 0 Å². The van der Waals surface area contributed by atoms with Gasteiger partial charge in [0.05, 0.1) is 0 Å². The lowest BCUT2D eigenvalue weighted by molar-refractivity contribution is -0.119. The Kier molecular flexibility index (Phi) is 3.51. The Bertz CT molecular complexity index is 711. The van der Waals surface area contributed by atoms with Crippen molar-refractivity contribution in [3.8, 4) is 0 Å². The number of rotatable bonds is 2. The molecule has 1 saturated carbocycles. The van der Waals surface area contributed by atoms with E-state index in [1.54, 1.807) is 0 Å². The molecule has 128 valence electrons. The monoisotopic (exact) mass is 326 g/mol. The van der Waals surface area contributed by atoms with Crippen LogP contribution >= 0.6 is 0 Å². The van der Waals surface area contributed by atoms with E-state index in [9.17, 15) is 14.7 Å². The summed E-state index contributed by atoms with van der Waals surface area (Å²) < 4.78 is 0. The number of hydrogen-bond acceptors (Lipinski definition) is 3. The maximum absolute atomic E-state index is 12.2. The summed E-state index contributed by atoms with van der Waals surface area (Å²) in [5, 5.41) is 9.31. The van der Waals surface area contributed by atoms with Crippen molar-refractivity contribution in [2.24, 2.45) is 22.7 Å². The molecule has 0 amide bonds. The second-order valence-corrected chi connectivity index (χ2v) is 8.44. The highest BCUT2D eigenvalue weighted by Crippen LogP contribution is 2.63. The van der Waals surface area contributed by atoms with Gasteiger partial charge in [-0.05, 0) is 50.0 Å². The summed E-state index contributed by atoms with van der Waals surface area (Å²) >= 11 is 0. The van der Waals surface area contributed by atoms with Crippen LogP contribution in [0.4, 0.5) is 0 Å². The van der Waals surface area contributed by atoms with E-state index in [1.165, 1.54) is 11.1 Å². The van der Waals surface area contributed by atoms with Gasteiger partial charge in [0.1, 0.15) is 6.61 Å². The van der Waals surface area contributed by atoms with Crippen LogP contribution in [0, 0.1) is 22.7 Å². The quantitative estimate of drug-likeness (QED) is 0.790. The molecular weight excluding hydrogens is 300 g/mol. The lowest BCUT2D eigenvalue weighted by Crippen LogP contribution is -2.44. The summed E-state index contributed by atoms with van der Waals surface area (Å²) in [7, 11) is 0. The van der Waals surface area contributed by atoms with Crippen LogP contribution < -0.4 is 0 Å². The molecule has 4 aliphatic rings. The SMILES string of the molecule is C[C@]12CCC(=O)C=C1CC[C@@H]1C2=CC[C@]2(C)C(C(=O)CO)=CC[C@@H]12. The van der Waals surface area contributed by atoms with Gasteiger partial charge >= 0.3 is 0 Å². The van der Waals surface area contributed by atoms with Crippen molar-refractivity contribution in [1.29, 1.82) is 0 Å². The van der Waals surface area contributed by atoms with E-state index in [0.29, 0.717) is 18.3 Å². The van der Waals surface area contributed by atoms with Crippen molar-refractivity contribution in [3.05, 3.63) is 34.9 Å². The van der Waals surface area contributed by atoms with E-state index in [2.05, 4.69) is 26.0 Å². The van der Waals surface area contributed by atoms with Crippen LogP contribution in [0.3, 0.4) is 0 Å². The highest BCUT2D eigenvalue weighted by atomic mass is 16.3. The molecular formula is C21H26O3. The topological polar surface area (TPSA) is 54.4 Å². The Hall–Kier alpha value is -1.48. The molecule has 0 heterocycles. The standard InChI is InChI=1S/C21H26O3/c1-20-9-7-14(23)11-13(20)3-4-15-16-5-6-18(19(24)12-22)21(16,2)10-8-17(15)20/h6,8,11,15-16,22H,3-5,7,9-10,12H2,1-2H3/t15-,16-,20-,21-/m0/s1. The predicted octanol–water partition coefficient (Wildman–Crippen LogP) is 3.54. The zero-order valence-electron chi connectivity index (χ0n) is 14.6. The maximum atomic E-state index is 12.2. The average Bonchev–Trinajstić information content (AvgIpc) is 2.92. The summed E-state index contributed by atoms with van der Waals surface area (Å²) in [6.45, 7) is 4.13. The molecule has 0 aromatic carbocycles. The molecule has 4 atom stereocenters. The molecule has 3 nitrogen and oxygen atoms in total. The number of carbonyl (C=O) groups is 2. The summed E-state index contributed by atoms with van der Waals surface area (Å²) in [6, 6.07) is 0. The van der Waals surface area contributed by atoms with E-state index in [-0.39, 0.29) is 29.0 Å². The average molecular weight is 326 g/mol. The van der Waals surface area contributed by atoms with Crippen molar-refractivity contribution in [1.82, 2.24) is 0 Å². The first-order chi connectivity index (χ1) is 11.4. The molecule has 4 rings (SSSR count). The lowest BCUT2D eigenvalue weighted by Gasteiger charge is -2.53. The third kappa shape index (κ3) is 2.00. The van der Waals surface area contributed by atoms with Crippen LogP contribution in [0.5, 0.6) is 0 Å². The molecule has 4 aliphatic carbocycles. The second kappa shape index (κ2) is 5.26. The van der Waals surface area contributed by atoms with Crippen molar-refractivity contribution >= 4 is 11.6 Å². The summed E-state index contributed by atoms with van der Waals surface area (Å²) in [6.07, 6.45) is 11.8. The number of carbonyl (C=O) groups excluding carboxylic acids is 2. The molecule has 0 spiro atoms. The predicted molar refractivity (Wildman–Crippen MR) is 92.2 cm³/mol. The van der Waals surface area contributed by atoms with Gasteiger partial charge in [-0.2, -0.15) is 0 Å². The van der Waals surface area contributed by atoms with E-state index < -0.39 is 0 Å². The molecule has 0 aliphatic heterocycles. The Morgan fingerprint density at radius 1 is 1.29 bits per heavy atom. The van der Waals surface area contributed by atoms with Gasteiger partial charge in [-0.1, -0.05) is 37.1 Å². The molecule has 3 heteroatoms. The first kappa shape index (κ1) is 16.0. The van der Waals surface area contributed by atoms with Gasteiger partial charge in [0, 0.05) is 22.8 Å². The largest absolute Gasteiger partial charge is 0.388 e. The first-order valence-electron chi connectivity index (χ1n) is 9.19. The van der Waals surface area contributed by atoms with Crippen LogP contribution in [0.25, 0.3) is 0 Å². The van der Waals surface area contributed by atoms with Crippen LogP contribution in [-0.4, -0.2) is 23.3 Å². The van der Waals surface area contributed by atoms with E-state index >= 15 is 0 Å². The minimum atomic E-state index is -0.387. The Balaban J connectivity index is 1.73. The summed E-state index contributed by atoms with van der Waals surface area (Å²) in [5.74, 6) is 1.13. The van der Waals surface area contributed by atoms with Crippen LogP contribution in [0.1, 0.15) is 52.4 Å². The fourth-order valence-electron chi connectivity index (χ4n) is 5.95. The molecule has 0 aromatic rings. The molecule has 24 heavy (non-hydrogen) atoms. The van der Waals surface area contributed by atoms with Crippen molar-refractivity contribution < 1.29 is 14.7 Å². The third-order valence-corrected chi connectivity index (χ3v) is 7.36. The number of aliphatic hydroxyl groups is 1. The fraction of sp³-hybridized carbons (Fsp3) is 0.619. The molecule has 1 N–H and O–H groups in total. The highest BCUT2D eigenvalue weighted by Gasteiger charge is 2.54. The van der Waals surface area contributed by atoms with Crippen LogP contribution in [0.2, 0.25) is 0 Å². The van der Waals surface area contributed by atoms with Gasteiger partial charge in [0.15, 0.2) is 11.6 Å². The van der Waals surface area contributed by atoms with Gasteiger partial charge in [-0.15, -0.1) is 0 Å². The maximum Gasteiger partial charge on any atom is 0.184 e. The number of hydrogen-bond donors (Lipinski definition) is 1. The number of fused-ring (bicyclic) bond motifs is 5. The van der Waals surface area contributed by atoms with E-state index in [4.69, 9.17) is 0 Å². The zero-order chi connectivity index (χ0) is 17.1. The molecule has 0 saturated heterocycles. The summed E-state index contributed by atoms with van der Waals surface area (Å²) in [4.78, 5) is 24.0. The zero-order valence-corrected chi connectivity index (χ0v) is 14.6. The second-order valence-electron chi connectivity index (χ2n) is 8.44. The third-order valence-electron chi connectivity index (χ3n) is 7.36. The molecule has 0 aromatic heterocycles. The van der Waals surface area contributed by atoms with Gasteiger partial charge in [-0.3, -0.25) is 9.59 Å². The molecule has 0 bridgehead atoms. The van der Waals surface area contributed by atoms with Crippen molar-refractivity contribution in [2.75, 3.05) is 6.61 Å². The normalized spacial score (nSPS) is 40.8. The Labute approximate surface area is 143 Å². The van der Waals surface area contributed by atoms with Crippen LogP contribution in [0.15, 0.2) is 34.9 Å². The fourth-order valence-corrected chi connectivity index (χ4v) is 5.95. The molecule has 1 fully saturated rings. The van der Waals surface area contributed by atoms with Gasteiger partial charge < -0.3 is 5.11 Å². The minimum absolute atomic E-state index is 0.0435. The Morgan fingerprint density at radius 3 is 2.83 bits per heavy atom. The first-order valence-corrected chi connectivity index (χ1v) is 9.19. The smallest absolute Gasteiger partial charge is 0.184 e. The van der Waals surface area contributed by atoms with E-state index in [1.807, 2.05) is 6.08 Å². The minimum Gasteiger partial charge on any atom is -0.388 e. The van der Waals surface area contributed by atoms with Gasteiger partial charge in [-0.25, -0.2) is 0 Å². The van der Waals surface area contributed by atoms with Crippen molar-refractivity contribution in [3.63, 3.8) is 0 Å². The van der Waals surface area contributed by atoms with Crippen molar-refractivity contribution in [2.45, 2.75) is 52.4 Å². The summed E-state index contributed by atoms with van der Waals surface area (Å²) in [5.41, 5.74) is 3.59.